The van der Waals surface area contributed by atoms with E-state index in [1.807, 2.05) is 19.1 Å². The fraction of sp³-hybridized carbons (Fsp3) is 0.143. The van der Waals surface area contributed by atoms with Crippen LogP contribution in [0.5, 0.6) is 0 Å². The fourth-order valence-electron chi connectivity index (χ4n) is 1.82. The van der Waals surface area contributed by atoms with Crippen molar-refractivity contribution >= 4 is 35.6 Å². The summed E-state index contributed by atoms with van der Waals surface area (Å²) in [6.45, 7) is 11.8. The van der Waals surface area contributed by atoms with E-state index >= 15 is 0 Å². The third-order valence-corrected chi connectivity index (χ3v) is 4.11. The van der Waals surface area contributed by atoms with Crippen LogP contribution in [0.1, 0.15) is 29.4 Å². The maximum Gasteiger partial charge on any atom is 0.0518 e. The first kappa shape index (κ1) is 14.2. The van der Waals surface area contributed by atoms with Gasteiger partial charge in [0, 0.05) is 19.7 Å². The van der Waals surface area contributed by atoms with Crippen molar-refractivity contribution in [2.45, 2.75) is 13.8 Å². The maximum atomic E-state index is 3.91. The molecule has 0 aliphatic rings. The van der Waals surface area contributed by atoms with E-state index in [2.05, 4.69) is 51.6 Å². The molecule has 90 valence electrons. The highest BCUT2D eigenvalue weighted by atomic mass is 32.0. The second-order valence-corrected chi connectivity index (χ2v) is 5.05. The summed E-state index contributed by atoms with van der Waals surface area (Å²) in [5.41, 5.74) is 4.94. The van der Waals surface area contributed by atoms with Gasteiger partial charge in [0.15, 0.2) is 0 Å². The van der Waals surface area contributed by atoms with Crippen molar-refractivity contribution in [2.24, 2.45) is 0 Å². The molecule has 0 aliphatic heterocycles. The topological polar surface area (TPSA) is 4.93 Å². The molecule has 0 fully saturated rings. The summed E-state index contributed by atoms with van der Waals surface area (Å²) in [4.78, 5) is 0. The average Bonchev–Trinajstić information content (AvgIpc) is 2.60. The van der Waals surface area contributed by atoms with Crippen LogP contribution >= 0.6 is 17.3 Å². The maximum absolute atomic E-state index is 3.91. The molecule has 0 spiro atoms. The summed E-state index contributed by atoms with van der Waals surface area (Å²) in [6, 6.07) is 0. The third-order valence-electron chi connectivity index (χ3n) is 2.59. The van der Waals surface area contributed by atoms with Gasteiger partial charge in [0.2, 0.25) is 0 Å². The van der Waals surface area contributed by atoms with Crippen molar-refractivity contribution in [2.75, 3.05) is 0 Å². The lowest BCUT2D eigenvalue weighted by Gasteiger charge is -2.05. The molecule has 0 aliphatic carbocycles. The lowest BCUT2D eigenvalue weighted by molar-refractivity contribution is 1.22. The molecule has 1 rings (SSSR count). The van der Waals surface area contributed by atoms with Crippen molar-refractivity contribution in [3.63, 3.8) is 0 Å². The van der Waals surface area contributed by atoms with Crippen LogP contribution in [0.3, 0.4) is 0 Å². The van der Waals surface area contributed by atoms with Gasteiger partial charge in [0.05, 0.1) is 5.69 Å². The molecule has 0 saturated carbocycles. The van der Waals surface area contributed by atoms with E-state index < -0.39 is 0 Å². The Morgan fingerprint density at radius 1 is 1.24 bits per heavy atom. The number of hydrogen-bond acceptors (Lipinski definition) is 0. The van der Waals surface area contributed by atoms with Gasteiger partial charge in [-0.1, -0.05) is 46.4 Å². The van der Waals surface area contributed by atoms with E-state index in [-0.39, 0.29) is 0 Å². The van der Waals surface area contributed by atoms with Crippen molar-refractivity contribution in [1.82, 2.24) is 4.34 Å². The van der Waals surface area contributed by atoms with Crippen LogP contribution in [-0.2, 0) is 0 Å². The first-order valence-electron chi connectivity index (χ1n) is 5.47. The molecule has 0 saturated heterocycles. The highest BCUT2D eigenvalue weighted by Gasteiger charge is 2.13. The van der Waals surface area contributed by atoms with Gasteiger partial charge in [-0.15, -0.1) is 0 Å². The highest BCUT2D eigenvalue weighted by molar-refractivity contribution is 8.02. The molecule has 0 aromatic carbocycles. The number of aromatic nitrogens is 1. The fourth-order valence-corrected chi connectivity index (χ4v) is 3.39. The molecule has 3 heteroatoms. The quantitative estimate of drug-likeness (QED) is 0.525. The normalized spacial score (nSPS) is 12.2. The van der Waals surface area contributed by atoms with Gasteiger partial charge in [-0.25, -0.2) is 0 Å². The predicted octanol–water partition coefficient (Wildman–Crippen LogP) is 4.90. The van der Waals surface area contributed by atoms with Crippen LogP contribution < -0.4 is 0 Å². The van der Waals surface area contributed by atoms with Crippen LogP contribution in [0.15, 0.2) is 31.4 Å². The molecule has 2 atom stereocenters. The molecule has 0 bridgehead atoms. The van der Waals surface area contributed by atoms with E-state index in [1.54, 1.807) is 6.08 Å². The summed E-state index contributed by atoms with van der Waals surface area (Å²) in [5.74, 6) is 0. The van der Waals surface area contributed by atoms with Crippen LogP contribution in [0.4, 0.5) is 0 Å². The molecular weight excluding hydrogens is 244 g/mol. The van der Waals surface area contributed by atoms with Crippen molar-refractivity contribution in [1.29, 1.82) is 0 Å². The predicted molar refractivity (Wildman–Crippen MR) is 86.6 cm³/mol. The first-order valence-corrected chi connectivity index (χ1v) is 8.23. The molecular formula is C14H19NP2. The SMILES string of the molecule is C=C/C=C\c1c(C)c(/C=C\C)c(C=C)n1PP. The second-order valence-electron chi connectivity index (χ2n) is 3.57. The van der Waals surface area contributed by atoms with Gasteiger partial charge < -0.3 is 4.34 Å². The zero-order valence-corrected chi connectivity index (χ0v) is 12.6. The molecule has 0 N–H and O–H groups in total. The Hall–Kier alpha value is -0.900. The summed E-state index contributed by atoms with van der Waals surface area (Å²) in [6.07, 6.45) is 12.0. The number of hydrogen-bond donors (Lipinski definition) is 0. The molecule has 0 amide bonds. The summed E-state index contributed by atoms with van der Waals surface area (Å²) in [5, 5.41) is 0. The minimum atomic E-state index is 0.610. The van der Waals surface area contributed by atoms with Gasteiger partial charge in [-0.2, -0.15) is 0 Å². The molecule has 1 heterocycles. The highest BCUT2D eigenvalue weighted by Crippen LogP contribution is 2.36. The van der Waals surface area contributed by atoms with Gasteiger partial charge in [-0.3, -0.25) is 0 Å². The van der Waals surface area contributed by atoms with E-state index in [1.165, 1.54) is 22.5 Å². The Morgan fingerprint density at radius 2 is 1.94 bits per heavy atom. The van der Waals surface area contributed by atoms with Gasteiger partial charge in [-0.05, 0) is 31.6 Å². The zero-order chi connectivity index (χ0) is 12.8. The number of nitrogens with zero attached hydrogens (tertiary/aromatic N) is 1. The Morgan fingerprint density at radius 3 is 2.41 bits per heavy atom. The van der Waals surface area contributed by atoms with Crippen molar-refractivity contribution in [3.8, 4) is 0 Å². The zero-order valence-electron chi connectivity index (χ0n) is 10.4. The second kappa shape index (κ2) is 6.74. The lowest BCUT2D eigenvalue weighted by atomic mass is 10.1. The minimum absolute atomic E-state index is 0.610. The van der Waals surface area contributed by atoms with Crippen LogP contribution in [-0.4, -0.2) is 4.34 Å². The third kappa shape index (κ3) is 2.86. The number of rotatable bonds is 5. The largest absolute Gasteiger partial charge is 0.318 e. The van der Waals surface area contributed by atoms with Gasteiger partial charge >= 0.3 is 0 Å². The molecule has 1 aromatic heterocycles. The summed E-state index contributed by atoms with van der Waals surface area (Å²) >= 11 is 0. The Kier molecular flexibility index (Phi) is 5.62. The summed E-state index contributed by atoms with van der Waals surface area (Å²) in [7, 11) is 3.40. The molecule has 1 aromatic rings. The minimum Gasteiger partial charge on any atom is -0.318 e. The number of allylic oxidation sites excluding steroid dienone is 3. The standard InChI is InChI=1S/C14H19NP2/c1-5-8-10-14-11(4)12(9-6-2)13(7-3)15(14)17-16/h5-10,17H,1,3,16H2,2,4H3/b9-6-,10-8-. The monoisotopic (exact) mass is 263 g/mol. The molecule has 17 heavy (non-hydrogen) atoms. The smallest absolute Gasteiger partial charge is 0.0518 e. The summed E-state index contributed by atoms with van der Waals surface area (Å²) < 4.78 is 2.27. The molecule has 1 nitrogen and oxygen atoms in total. The van der Waals surface area contributed by atoms with E-state index in [0.29, 0.717) is 8.42 Å². The van der Waals surface area contributed by atoms with Crippen molar-refractivity contribution < 1.29 is 0 Å². The Bertz CT molecular complexity index is 479. The lowest BCUT2D eigenvalue weighted by Crippen LogP contribution is -1.87. The van der Waals surface area contributed by atoms with Crippen molar-refractivity contribution in [3.05, 3.63) is 53.9 Å². The Labute approximate surface area is 108 Å². The Balaban J connectivity index is 3.53. The first-order chi connectivity index (χ1) is 8.21. The van der Waals surface area contributed by atoms with Crippen LogP contribution in [0.25, 0.3) is 18.2 Å². The van der Waals surface area contributed by atoms with E-state index in [0.717, 1.165) is 0 Å². The van der Waals surface area contributed by atoms with Gasteiger partial charge in [0.25, 0.3) is 0 Å². The van der Waals surface area contributed by atoms with E-state index in [9.17, 15) is 0 Å². The molecule has 2 unspecified atom stereocenters. The van der Waals surface area contributed by atoms with Gasteiger partial charge in [0.1, 0.15) is 0 Å². The van der Waals surface area contributed by atoms with E-state index in [4.69, 9.17) is 0 Å². The van der Waals surface area contributed by atoms with Crippen LogP contribution in [0, 0.1) is 6.92 Å². The van der Waals surface area contributed by atoms with Crippen LogP contribution in [0.2, 0.25) is 0 Å². The molecule has 0 radical (unpaired) electrons. The average molecular weight is 263 g/mol.